The van der Waals surface area contributed by atoms with E-state index in [1.807, 2.05) is 30.3 Å². The predicted molar refractivity (Wildman–Crippen MR) is 89.7 cm³/mol. The van der Waals surface area contributed by atoms with E-state index in [9.17, 15) is 0 Å². The third-order valence-corrected chi connectivity index (χ3v) is 3.49. The van der Waals surface area contributed by atoms with Gasteiger partial charge in [0, 0.05) is 10.4 Å². The fraction of sp³-hybridized carbons (Fsp3) is 0.176. The van der Waals surface area contributed by atoms with Crippen LogP contribution in [0.15, 0.2) is 48.8 Å². The zero-order chi connectivity index (χ0) is 15.4. The van der Waals surface area contributed by atoms with E-state index < -0.39 is 0 Å². The lowest BCUT2D eigenvalue weighted by atomic mass is 10.1. The number of ether oxygens (including phenoxy) is 1. The summed E-state index contributed by atoms with van der Waals surface area (Å²) < 4.78 is 5.65. The second-order valence-corrected chi connectivity index (χ2v) is 5.41. The van der Waals surface area contributed by atoms with Crippen LogP contribution in [0.25, 0.3) is 10.9 Å². The fourth-order valence-corrected chi connectivity index (χ4v) is 2.39. The van der Waals surface area contributed by atoms with Crippen LogP contribution >= 0.6 is 11.6 Å². The van der Waals surface area contributed by atoms with Gasteiger partial charge in [-0.2, -0.15) is 0 Å². The van der Waals surface area contributed by atoms with Gasteiger partial charge in [-0.05, 0) is 37.3 Å². The van der Waals surface area contributed by atoms with Crippen molar-refractivity contribution in [2.75, 3.05) is 18.5 Å². The molecule has 0 radical (unpaired) electrons. The second kappa shape index (κ2) is 6.62. The molecule has 3 rings (SSSR count). The van der Waals surface area contributed by atoms with Crippen LogP contribution in [0.2, 0.25) is 5.02 Å². The smallest absolute Gasteiger partial charge is 0.137 e. The monoisotopic (exact) mass is 313 g/mol. The SMILES string of the molecule is Cc1ccc2ncnc(NCCOc3cccc(Cl)c3)c2c1. The van der Waals surface area contributed by atoms with Gasteiger partial charge in [0.25, 0.3) is 0 Å². The van der Waals surface area contributed by atoms with Crippen molar-refractivity contribution < 1.29 is 4.74 Å². The Labute approximate surface area is 134 Å². The highest BCUT2D eigenvalue weighted by Crippen LogP contribution is 2.20. The van der Waals surface area contributed by atoms with Crippen LogP contribution in [0.3, 0.4) is 0 Å². The van der Waals surface area contributed by atoms with E-state index in [4.69, 9.17) is 16.3 Å². The van der Waals surface area contributed by atoms with Crippen molar-refractivity contribution in [2.45, 2.75) is 6.92 Å². The molecule has 0 aliphatic heterocycles. The lowest BCUT2D eigenvalue weighted by Crippen LogP contribution is -2.12. The Hall–Kier alpha value is -2.33. The standard InChI is InChI=1S/C17H16ClN3O/c1-12-5-6-16-15(9-12)17(21-11-20-16)19-7-8-22-14-4-2-3-13(18)10-14/h2-6,9-11H,7-8H2,1H3,(H,19,20,21). The van der Waals surface area contributed by atoms with Crippen LogP contribution in [0.1, 0.15) is 5.56 Å². The molecule has 5 heteroatoms. The summed E-state index contributed by atoms with van der Waals surface area (Å²) in [6, 6.07) is 13.5. The molecule has 0 saturated carbocycles. The van der Waals surface area contributed by atoms with Gasteiger partial charge < -0.3 is 10.1 Å². The van der Waals surface area contributed by atoms with Crippen LogP contribution in [-0.2, 0) is 0 Å². The zero-order valence-corrected chi connectivity index (χ0v) is 13.0. The predicted octanol–water partition coefficient (Wildman–Crippen LogP) is 4.08. The minimum atomic E-state index is 0.525. The van der Waals surface area contributed by atoms with Gasteiger partial charge >= 0.3 is 0 Å². The molecule has 1 heterocycles. The average molecular weight is 314 g/mol. The summed E-state index contributed by atoms with van der Waals surface area (Å²) in [5.74, 6) is 1.58. The first-order valence-electron chi connectivity index (χ1n) is 7.06. The van der Waals surface area contributed by atoms with Crippen molar-refractivity contribution >= 4 is 28.3 Å². The summed E-state index contributed by atoms with van der Waals surface area (Å²) in [5.41, 5.74) is 2.11. The molecule has 1 aromatic heterocycles. The van der Waals surface area contributed by atoms with E-state index in [-0.39, 0.29) is 0 Å². The van der Waals surface area contributed by atoms with E-state index in [1.165, 1.54) is 5.56 Å². The van der Waals surface area contributed by atoms with E-state index in [0.29, 0.717) is 18.2 Å². The lowest BCUT2D eigenvalue weighted by molar-refractivity contribution is 0.333. The highest BCUT2D eigenvalue weighted by molar-refractivity contribution is 6.30. The Morgan fingerprint density at radius 1 is 1.14 bits per heavy atom. The molecule has 4 nitrogen and oxygen atoms in total. The molecule has 0 bridgehead atoms. The van der Waals surface area contributed by atoms with Gasteiger partial charge in [-0.25, -0.2) is 9.97 Å². The van der Waals surface area contributed by atoms with E-state index in [0.717, 1.165) is 22.5 Å². The summed E-state index contributed by atoms with van der Waals surface area (Å²) in [4.78, 5) is 8.58. The van der Waals surface area contributed by atoms with Gasteiger partial charge in [0.05, 0.1) is 12.1 Å². The minimum absolute atomic E-state index is 0.525. The summed E-state index contributed by atoms with van der Waals surface area (Å²) in [6.45, 7) is 3.22. The highest BCUT2D eigenvalue weighted by atomic mass is 35.5. The molecule has 112 valence electrons. The van der Waals surface area contributed by atoms with Crippen molar-refractivity contribution in [1.82, 2.24) is 9.97 Å². The maximum atomic E-state index is 5.92. The molecule has 0 aliphatic carbocycles. The van der Waals surface area contributed by atoms with Crippen LogP contribution in [0.4, 0.5) is 5.82 Å². The summed E-state index contributed by atoms with van der Waals surface area (Å²) in [7, 11) is 0. The first kappa shape index (κ1) is 14.6. The van der Waals surface area contributed by atoms with Crippen LogP contribution in [-0.4, -0.2) is 23.1 Å². The topological polar surface area (TPSA) is 47.0 Å². The Morgan fingerprint density at radius 2 is 2.05 bits per heavy atom. The number of nitrogens with one attached hydrogen (secondary N) is 1. The van der Waals surface area contributed by atoms with Crippen molar-refractivity contribution in [2.24, 2.45) is 0 Å². The van der Waals surface area contributed by atoms with E-state index in [1.54, 1.807) is 12.4 Å². The van der Waals surface area contributed by atoms with Gasteiger partial charge in [0.15, 0.2) is 0 Å². The molecular formula is C17H16ClN3O. The van der Waals surface area contributed by atoms with Gasteiger partial charge in [0.1, 0.15) is 24.5 Å². The third-order valence-electron chi connectivity index (χ3n) is 3.25. The number of rotatable bonds is 5. The second-order valence-electron chi connectivity index (χ2n) is 4.98. The minimum Gasteiger partial charge on any atom is -0.492 e. The number of fused-ring (bicyclic) bond motifs is 1. The summed E-state index contributed by atoms with van der Waals surface area (Å²) in [5, 5.41) is 4.98. The Morgan fingerprint density at radius 3 is 2.91 bits per heavy atom. The van der Waals surface area contributed by atoms with Crippen molar-refractivity contribution in [3.63, 3.8) is 0 Å². The number of benzene rings is 2. The number of halogens is 1. The van der Waals surface area contributed by atoms with Crippen LogP contribution in [0, 0.1) is 6.92 Å². The number of aromatic nitrogens is 2. The number of hydrogen-bond acceptors (Lipinski definition) is 4. The number of hydrogen-bond donors (Lipinski definition) is 1. The largest absolute Gasteiger partial charge is 0.492 e. The quantitative estimate of drug-likeness (QED) is 0.721. The Balaban J connectivity index is 1.63. The van der Waals surface area contributed by atoms with Crippen molar-refractivity contribution in [1.29, 1.82) is 0 Å². The average Bonchev–Trinajstić information content (AvgIpc) is 2.52. The number of anilines is 1. The number of aryl methyl sites for hydroxylation is 1. The summed E-state index contributed by atoms with van der Waals surface area (Å²) in [6.07, 6.45) is 1.57. The fourth-order valence-electron chi connectivity index (χ4n) is 2.21. The molecule has 1 N–H and O–H groups in total. The van der Waals surface area contributed by atoms with Gasteiger partial charge in [-0.3, -0.25) is 0 Å². The Bertz CT molecular complexity index is 792. The molecule has 2 aromatic carbocycles. The lowest BCUT2D eigenvalue weighted by Gasteiger charge is -2.10. The first-order valence-corrected chi connectivity index (χ1v) is 7.44. The van der Waals surface area contributed by atoms with E-state index >= 15 is 0 Å². The molecule has 0 saturated heterocycles. The van der Waals surface area contributed by atoms with Gasteiger partial charge in [-0.1, -0.05) is 29.3 Å². The molecule has 3 aromatic rings. The molecule has 0 fully saturated rings. The molecule has 0 aliphatic rings. The number of nitrogens with zero attached hydrogens (tertiary/aromatic N) is 2. The van der Waals surface area contributed by atoms with Crippen LogP contribution in [0.5, 0.6) is 5.75 Å². The van der Waals surface area contributed by atoms with Gasteiger partial charge in [0.2, 0.25) is 0 Å². The highest BCUT2D eigenvalue weighted by Gasteiger charge is 2.03. The van der Waals surface area contributed by atoms with E-state index in [2.05, 4.69) is 28.3 Å². The maximum absolute atomic E-state index is 5.92. The molecular weight excluding hydrogens is 298 g/mol. The molecule has 0 unspecified atom stereocenters. The zero-order valence-electron chi connectivity index (χ0n) is 12.2. The molecule has 22 heavy (non-hydrogen) atoms. The molecule has 0 spiro atoms. The molecule has 0 atom stereocenters. The first-order chi connectivity index (χ1) is 10.7. The third kappa shape index (κ3) is 3.46. The van der Waals surface area contributed by atoms with Crippen LogP contribution < -0.4 is 10.1 Å². The van der Waals surface area contributed by atoms with Crippen molar-refractivity contribution in [3.8, 4) is 5.75 Å². The normalized spacial score (nSPS) is 10.6. The Kier molecular flexibility index (Phi) is 4.39. The van der Waals surface area contributed by atoms with Gasteiger partial charge in [-0.15, -0.1) is 0 Å². The maximum Gasteiger partial charge on any atom is 0.137 e. The summed E-state index contributed by atoms with van der Waals surface area (Å²) >= 11 is 5.92. The molecule has 0 amide bonds. The van der Waals surface area contributed by atoms with Crippen molar-refractivity contribution in [3.05, 3.63) is 59.4 Å².